The minimum absolute atomic E-state index is 0.0122. The molecule has 0 aromatic heterocycles. The van der Waals surface area contributed by atoms with Crippen LogP contribution in [0.15, 0.2) is 83.8 Å². The molecule has 3 nitrogen and oxygen atoms in total. The number of benzene rings is 3. The highest BCUT2D eigenvalue weighted by molar-refractivity contribution is 7.92. The van der Waals surface area contributed by atoms with Gasteiger partial charge >= 0.3 is 5.51 Å². The maximum Gasteiger partial charge on any atom is 0.501 e. The normalized spacial score (nSPS) is 18.6. The second kappa shape index (κ2) is 9.69. The summed E-state index contributed by atoms with van der Waals surface area (Å²) in [4.78, 5) is -0.681. The summed E-state index contributed by atoms with van der Waals surface area (Å²) in [5.41, 5.74) is -1.38. The number of nitrogens with one attached hydrogen (secondary N) is 1. The molecule has 0 aliphatic heterocycles. The molecule has 4 rings (SSSR count). The van der Waals surface area contributed by atoms with Crippen LogP contribution in [0.25, 0.3) is 0 Å². The number of fused-ring (bicyclic) bond motifs is 1. The van der Waals surface area contributed by atoms with E-state index in [1.165, 1.54) is 11.6 Å². The summed E-state index contributed by atoms with van der Waals surface area (Å²) in [5.74, 6) is 0.238. The minimum Gasteiger partial charge on any atom is -0.316 e. The summed E-state index contributed by atoms with van der Waals surface area (Å²) < 4.78 is 63.0. The highest BCUT2D eigenvalue weighted by Crippen LogP contribution is 2.42. The Morgan fingerprint density at radius 1 is 0.909 bits per heavy atom. The Hall–Kier alpha value is -2.64. The summed E-state index contributed by atoms with van der Waals surface area (Å²) in [6, 6.07) is 24.0. The summed E-state index contributed by atoms with van der Waals surface area (Å²) in [6.07, 6.45) is 2.23. The molecule has 1 N–H and O–H groups in total. The van der Waals surface area contributed by atoms with Gasteiger partial charge in [0.25, 0.3) is 9.84 Å². The Morgan fingerprint density at radius 3 is 2.24 bits per heavy atom. The molecule has 2 atom stereocenters. The first kappa shape index (κ1) is 23.5. The van der Waals surface area contributed by atoms with E-state index in [9.17, 15) is 21.6 Å². The smallest absolute Gasteiger partial charge is 0.316 e. The molecule has 0 saturated carbocycles. The van der Waals surface area contributed by atoms with Crippen molar-refractivity contribution in [2.24, 2.45) is 5.92 Å². The number of alkyl halides is 3. The zero-order chi connectivity index (χ0) is 23.5. The molecule has 33 heavy (non-hydrogen) atoms. The van der Waals surface area contributed by atoms with E-state index < -0.39 is 20.2 Å². The highest BCUT2D eigenvalue weighted by atomic mass is 32.2. The van der Waals surface area contributed by atoms with Gasteiger partial charge in [0.15, 0.2) is 0 Å². The fraction of sp³-hybridized carbons (Fsp3) is 0.308. The lowest BCUT2D eigenvalue weighted by atomic mass is 9.72. The van der Waals surface area contributed by atoms with Crippen molar-refractivity contribution in [2.75, 3.05) is 13.1 Å². The van der Waals surface area contributed by atoms with Crippen LogP contribution < -0.4 is 5.32 Å². The number of halogens is 3. The van der Waals surface area contributed by atoms with Crippen LogP contribution in [0.1, 0.15) is 34.6 Å². The van der Waals surface area contributed by atoms with Crippen molar-refractivity contribution in [2.45, 2.75) is 35.6 Å². The maximum atomic E-state index is 13.1. The molecule has 2 unspecified atom stereocenters. The number of hydrogen-bond acceptors (Lipinski definition) is 3. The first-order chi connectivity index (χ1) is 15.8. The number of sulfone groups is 1. The molecule has 1 aliphatic carbocycles. The average Bonchev–Trinajstić information content (AvgIpc) is 2.81. The van der Waals surface area contributed by atoms with E-state index in [-0.39, 0.29) is 11.8 Å². The first-order valence-electron chi connectivity index (χ1n) is 11.0. The van der Waals surface area contributed by atoms with Crippen molar-refractivity contribution < 1.29 is 21.6 Å². The SMILES string of the molecule is O=S(=O)(c1ccc2c(c1)CCC(CNCCc1ccccc1)C2c1ccccc1)C(F)(F)F. The third-order valence-corrected chi connectivity index (χ3v) is 7.80. The molecule has 0 fully saturated rings. The maximum absolute atomic E-state index is 13.1. The molecule has 1 aliphatic rings. The minimum atomic E-state index is -5.36. The van der Waals surface area contributed by atoms with Gasteiger partial charge in [0.05, 0.1) is 4.90 Å². The van der Waals surface area contributed by atoms with Crippen molar-refractivity contribution in [3.05, 3.63) is 101 Å². The zero-order valence-corrected chi connectivity index (χ0v) is 18.9. The van der Waals surface area contributed by atoms with Crippen LogP contribution in [-0.2, 0) is 22.7 Å². The zero-order valence-electron chi connectivity index (χ0n) is 18.1. The second-order valence-corrected chi connectivity index (χ2v) is 10.4. The van der Waals surface area contributed by atoms with Crippen molar-refractivity contribution in [1.82, 2.24) is 5.32 Å². The van der Waals surface area contributed by atoms with Gasteiger partial charge in [-0.05, 0) is 72.7 Å². The Balaban J connectivity index is 1.57. The average molecular weight is 474 g/mol. The number of hydrogen-bond donors (Lipinski definition) is 1. The fourth-order valence-electron chi connectivity index (χ4n) is 4.66. The van der Waals surface area contributed by atoms with E-state index in [1.807, 2.05) is 48.5 Å². The molecule has 0 heterocycles. The third-order valence-electron chi connectivity index (χ3n) is 6.32. The monoisotopic (exact) mass is 473 g/mol. The van der Waals surface area contributed by atoms with Crippen molar-refractivity contribution in [3.8, 4) is 0 Å². The number of aryl methyl sites for hydroxylation is 1. The highest BCUT2D eigenvalue weighted by Gasteiger charge is 2.47. The van der Waals surface area contributed by atoms with Gasteiger partial charge in [-0.1, -0.05) is 66.7 Å². The predicted molar refractivity (Wildman–Crippen MR) is 123 cm³/mol. The summed E-state index contributed by atoms with van der Waals surface area (Å²) in [6.45, 7) is 1.60. The number of rotatable bonds is 7. The fourth-order valence-corrected chi connectivity index (χ4v) is 5.47. The van der Waals surface area contributed by atoms with Gasteiger partial charge in [-0.25, -0.2) is 8.42 Å². The van der Waals surface area contributed by atoms with Crippen LogP contribution in [0.5, 0.6) is 0 Å². The molecular weight excluding hydrogens is 447 g/mol. The topological polar surface area (TPSA) is 46.2 Å². The Kier molecular flexibility index (Phi) is 6.91. The standard InChI is InChI=1S/C26H26F3NO2S/c27-26(28,29)33(31,32)23-13-14-24-21(17-23)11-12-22(25(24)20-9-5-2-6-10-20)18-30-16-15-19-7-3-1-4-8-19/h1-10,13-14,17,22,25,30H,11-12,15-16,18H2. The van der Waals surface area contributed by atoms with Crippen LogP contribution in [0.2, 0.25) is 0 Å². The second-order valence-electron chi connectivity index (χ2n) is 8.44. The summed E-state index contributed by atoms with van der Waals surface area (Å²) in [5, 5.41) is 3.55. The molecule has 0 saturated heterocycles. The molecule has 3 aromatic carbocycles. The van der Waals surface area contributed by atoms with Gasteiger partial charge in [0.1, 0.15) is 0 Å². The Bertz CT molecular complexity index is 1180. The van der Waals surface area contributed by atoms with E-state index in [1.54, 1.807) is 6.07 Å². The van der Waals surface area contributed by atoms with Crippen molar-refractivity contribution in [1.29, 1.82) is 0 Å². The lowest BCUT2D eigenvalue weighted by molar-refractivity contribution is -0.0436. The molecule has 0 spiro atoms. The van der Waals surface area contributed by atoms with E-state index in [0.717, 1.165) is 43.1 Å². The van der Waals surface area contributed by atoms with Crippen LogP contribution >= 0.6 is 0 Å². The van der Waals surface area contributed by atoms with Crippen LogP contribution in [0.4, 0.5) is 13.2 Å². The van der Waals surface area contributed by atoms with E-state index in [2.05, 4.69) is 17.4 Å². The molecule has 3 aromatic rings. The van der Waals surface area contributed by atoms with Gasteiger partial charge < -0.3 is 5.32 Å². The van der Waals surface area contributed by atoms with Gasteiger partial charge in [-0.3, -0.25) is 0 Å². The van der Waals surface area contributed by atoms with E-state index >= 15 is 0 Å². The molecule has 174 valence electrons. The van der Waals surface area contributed by atoms with E-state index in [4.69, 9.17) is 0 Å². The van der Waals surface area contributed by atoms with Crippen molar-refractivity contribution in [3.63, 3.8) is 0 Å². The Morgan fingerprint density at radius 2 is 1.58 bits per heavy atom. The lowest BCUT2D eigenvalue weighted by Crippen LogP contribution is -2.32. The van der Waals surface area contributed by atoms with Gasteiger partial charge in [-0.15, -0.1) is 0 Å². The molecule has 7 heteroatoms. The third kappa shape index (κ3) is 5.14. The predicted octanol–water partition coefficient (Wildman–Crippen LogP) is 5.51. The van der Waals surface area contributed by atoms with Crippen LogP contribution in [0, 0.1) is 5.92 Å². The van der Waals surface area contributed by atoms with Crippen LogP contribution in [-0.4, -0.2) is 27.0 Å². The molecule has 0 radical (unpaired) electrons. The quantitative estimate of drug-likeness (QED) is 0.461. The largest absolute Gasteiger partial charge is 0.501 e. The summed E-state index contributed by atoms with van der Waals surface area (Å²) in [7, 11) is -5.36. The first-order valence-corrected chi connectivity index (χ1v) is 12.5. The van der Waals surface area contributed by atoms with Gasteiger partial charge in [0.2, 0.25) is 0 Å². The summed E-state index contributed by atoms with van der Waals surface area (Å²) >= 11 is 0. The molecule has 0 bridgehead atoms. The Labute approximate surface area is 192 Å². The van der Waals surface area contributed by atoms with E-state index in [0.29, 0.717) is 12.0 Å². The van der Waals surface area contributed by atoms with Crippen LogP contribution in [0.3, 0.4) is 0 Å². The van der Waals surface area contributed by atoms with Gasteiger partial charge in [0, 0.05) is 5.92 Å². The van der Waals surface area contributed by atoms with Crippen molar-refractivity contribution >= 4 is 9.84 Å². The molecular formula is C26H26F3NO2S. The molecule has 0 amide bonds. The van der Waals surface area contributed by atoms with Gasteiger partial charge in [-0.2, -0.15) is 13.2 Å². The lowest BCUT2D eigenvalue weighted by Gasteiger charge is -2.35.